The van der Waals surface area contributed by atoms with Crippen molar-refractivity contribution in [2.75, 3.05) is 13.6 Å². The number of imide groups is 1. The van der Waals surface area contributed by atoms with E-state index in [2.05, 4.69) is 15.5 Å². The summed E-state index contributed by atoms with van der Waals surface area (Å²) < 4.78 is 10.3. The number of aldehydes is 1. The highest BCUT2D eigenvalue weighted by Gasteiger charge is 2.17. The second-order valence-electron chi connectivity index (χ2n) is 6.71. The Kier molecular flexibility index (Phi) is 8.14. The SMILES string of the molecule is CN(Cc1ccc(Cl)cc1)C(=Nc1ccc(Oc2ccon2)cc1)NC(=O)N(C=O)CC=O. The van der Waals surface area contributed by atoms with Gasteiger partial charge in [-0.05, 0) is 47.1 Å². The molecule has 0 aliphatic carbocycles. The van der Waals surface area contributed by atoms with Crippen LogP contribution >= 0.6 is 11.6 Å². The third-order valence-corrected chi connectivity index (χ3v) is 4.53. The molecule has 170 valence electrons. The number of carbonyl (C=O) groups is 3. The Balaban J connectivity index is 1.81. The Morgan fingerprint density at radius 1 is 1.15 bits per heavy atom. The molecule has 0 fully saturated rings. The van der Waals surface area contributed by atoms with E-state index in [-0.39, 0.29) is 18.9 Å². The van der Waals surface area contributed by atoms with Crippen LogP contribution in [0.4, 0.5) is 10.5 Å². The third kappa shape index (κ3) is 6.91. The lowest BCUT2D eigenvalue weighted by Gasteiger charge is -2.23. The van der Waals surface area contributed by atoms with E-state index in [4.69, 9.17) is 20.9 Å². The predicted octanol–water partition coefficient (Wildman–Crippen LogP) is 3.61. The van der Waals surface area contributed by atoms with E-state index in [1.165, 1.54) is 6.26 Å². The summed E-state index contributed by atoms with van der Waals surface area (Å²) >= 11 is 5.94. The number of rotatable bonds is 8. The zero-order chi connectivity index (χ0) is 23.6. The molecule has 0 aliphatic rings. The Hall–Kier alpha value is -4.18. The Morgan fingerprint density at radius 3 is 2.48 bits per heavy atom. The van der Waals surface area contributed by atoms with Crippen LogP contribution in [0.25, 0.3) is 0 Å². The molecule has 0 bridgehead atoms. The molecule has 0 saturated carbocycles. The van der Waals surface area contributed by atoms with Gasteiger partial charge in [0.25, 0.3) is 5.88 Å². The zero-order valence-electron chi connectivity index (χ0n) is 17.6. The molecule has 0 radical (unpaired) electrons. The number of hydrogen-bond acceptors (Lipinski definition) is 7. The second kappa shape index (κ2) is 11.4. The number of urea groups is 1. The van der Waals surface area contributed by atoms with Crippen molar-refractivity contribution < 1.29 is 23.6 Å². The van der Waals surface area contributed by atoms with Gasteiger partial charge in [0.05, 0.1) is 12.2 Å². The topological polar surface area (TPSA) is 117 Å². The van der Waals surface area contributed by atoms with Gasteiger partial charge in [-0.15, -0.1) is 0 Å². The molecule has 3 amide bonds. The van der Waals surface area contributed by atoms with E-state index in [1.807, 2.05) is 12.1 Å². The van der Waals surface area contributed by atoms with Crippen molar-refractivity contribution in [3.8, 4) is 11.6 Å². The molecule has 33 heavy (non-hydrogen) atoms. The van der Waals surface area contributed by atoms with Gasteiger partial charge in [0.15, 0.2) is 0 Å². The van der Waals surface area contributed by atoms with Crippen LogP contribution < -0.4 is 10.1 Å². The monoisotopic (exact) mass is 469 g/mol. The van der Waals surface area contributed by atoms with Gasteiger partial charge in [-0.1, -0.05) is 23.7 Å². The summed E-state index contributed by atoms with van der Waals surface area (Å²) in [5.41, 5.74) is 1.43. The summed E-state index contributed by atoms with van der Waals surface area (Å²) in [5, 5.41) is 6.86. The molecule has 0 saturated heterocycles. The quantitative estimate of drug-likeness (QED) is 0.304. The average molecular weight is 470 g/mol. The molecule has 0 unspecified atom stereocenters. The van der Waals surface area contributed by atoms with Gasteiger partial charge in [-0.3, -0.25) is 15.0 Å². The summed E-state index contributed by atoms with van der Waals surface area (Å²) in [6.45, 7) is 0.00992. The van der Waals surface area contributed by atoms with E-state index in [1.54, 1.807) is 54.4 Å². The maximum absolute atomic E-state index is 12.5. The smallest absolute Gasteiger partial charge is 0.331 e. The first-order valence-electron chi connectivity index (χ1n) is 9.67. The molecule has 1 aromatic heterocycles. The Morgan fingerprint density at radius 2 is 1.88 bits per heavy atom. The van der Waals surface area contributed by atoms with E-state index >= 15 is 0 Å². The third-order valence-electron chi connectivity index (χ3n) is 4.28. The maximum atomic E-state index is 12.5. The number of nitrogens with one attached hydrogen (secondary N) is 1. The first-order chi connectivity index (χ1) is 16.0. The van der Waals surface area contributed by atoms with Crippen molar-refractivity contribution in [1.29, 1.82) is 0 Å². The first-order valence-corrected chi connectivity index (χ1v) is 10.1. The highest BCUT2D eigenvalue weighted by Crippen LogP contribution is 2.23. The van der Waals surface area contributed by atoms with Gasteiger partial charge in [-0.25, -0.2) is 9.79 Å². The molecule has 0 atom stereocenters. The molecular weight excluding hydrogens is 450 g/mol. The van der Waals surface area contributed by atoms with Crippen LogP contribution in [0.5, 0.6) is 11.6 Å². The number of amides is 3. The number of halogens is 1. The van der Waals surface area contributed by atoms with Gasteiger partial charge < -0.3 is 19.0 Å². The standard InChI is InChI=1S/C22H20ClN5O5/c1-27(14-16-2-4-17(23)5-3-16)21(25-22(31)28(15-30)11-12-29)24-18-6-8-19(9-7-18)33-20-10-13-32-26-20/h2-10,12-13,15H,11,14H2,1H3,(H,24,25,31). The number of aromatic nitrogens is 1. The number of benzene rings is 2. The lowest BCUT2D eigenvalue weighted by molar-refractivity contribution is -0.119. The average Bonchev–Trinajstić information content (AvgIpc) is 3.32. The molecule has 1 N–H and O–H groups in total. The molecular formula is C22H20ClN5O5. The fourth-order valence-electron chi connectivity index (χ4n) is 2.65. The molecule has 3 rings (SSSR count). The van der Waals surface area contributed by atoms with Gasteiger partial charge in [0, 0.05) is 24.7 Å². The minimum absolute atomic E-state index is 0.165. The molecule has 11 heteroatoms. The fraction of sp³-hybridized carbons (Fsp3) is 0.136. The zero-order valence-corrected chi connectivity index (χ0v) is 18.3. The van der Waals surface area contributed by atoms with Crippen molar-refractivity contribution >= 4 is 42.0 Å². The van der Waals surface area contributed by atoms with Gasteiger partial charge in [-0.2, -0.15) is 0 Å². The molecule has 10 nitrogen and oxygen atoms in total. The number of carbonyl (C=O) groups excluding carboxylic acids is 3. The van der Waals surface area contributed by atoms with E-state index < -0.39 is 6.03 Å². The summed E-state index contributed by atoms with van der Waals surface area (Å²) in [7, 11) is 1.72. The van der Waals surface area contributed by atoms with E-state index in [9.17, 15) is 14.4 Å². The number of nitrogens with zero attached hydrogens (tertiary/aromatic N) is 4. The van der Waals surface area contributed by atoms with E-state index in [0.717, 1.165) is 5.56 Å². The molecule has 0 aliphatic heterocycles. The van der Waals surface area contributed by atoms with Gasteiger partial charge in [0.1, 0.15) is 18.3 Å². The van der Waals surface area contributed by atoms with Crippen molar-refractivity contribution in [2.24, 2.45) is 4.99 Å². The Bertz CT molecular complexity index is 1100. The van der Waals surface area contributed by atoms with Crippen LogP contribution in [0.1, 0.15) is 5.56 Å². The van der Waals surface area contributed by atoms with E-state index in [0.29, 0.717) is 40.1 Å². The van der Waals surface area contributed by atoms with Crippen LogP contribution in [0.2, 0.25) is 5.02 Å². The van der Waals surface area contributed by atoms with Gasteiger partial charge in [0.2, 0.25) is 12.4 Å². The van der Waals surface area contributed by atoms with Crippen LogP contribution in [0.3, 0.4) is 0 Å². The summed E-state index contributed by atoms with van der Waals surface area (Å²) in [5.74, 6) is 0.991. The van der Waals surface area contributed by atoms with Crippen LogP contribution in [0, 0.1) is 0 Å². The van der Waals surface area contributed by atoms with Crippen LogP contribution in [-0.2, 0) is 16.1 Å². The summed E-state index contributed by atoms with van der Waals surface area (Å²) in [6, 6.07) is 14.7. The molecule has 2 aromatic carbocycles. The van der Waals surface area contributed by atoms with Crippen molar-refractivity contribution in [2.45, 2.75) is 6.54 Å². The van der Waals surface area contributed by atoms with Crippen molar-refractivity contribution in [3.63, 3.8) is 0 Å². The number of aliphatic imine (C=N–C) groups is 1. The first kappa shape index (κ1) is 23.5. The van der Waals surface area contributed by atoms with Crippen LogP contribution in [-0.4, -0.2) is 53.2 Å². The molecule has 1 heterocycles. The van der Waals surface area contributed by atoms with Crippen molar-refractivity contribution in [1.82, 2.24) is 20.3 Å². The summed E-state index contributed by atoms with van der Waals surface area (Å²) in [6.07, 6.45) is 2.12. The molecule has 0 spiro atoms. The van der Waals surface area contributed by atoms with Crippen LogP contribution in [0.15, 0.2) is 70.4 Å². The maximum Gasteiger partial charge on any atom is 0.331 e. The fourth-order valence-corrected chi connectivity index (χ4v) is 2.78. The number of ether oxygens (including phenoxy) is 1. The summed E-state index contributed by atoms with van der Waals surface area (Å²) in [4.78, 5) is 41.2. The lowest BCUT2D eigenvalue weighted by atomic mass is 10.2. The minimum atomic E-state index is -0.787. The van der Waals surface area contributed by atoms with Gasteiger partial charge >= 0.3 is 6.03 Å². The number of guanidine groups is 1. The predicted molar refractivity (Wildman–Crippen MR) is 120 cm³/mol. The second-order valence-corrected chi connectivity index (χ2v) is 7.14. The Labute approximate surface area is 194 Å². The highest BCUT2D eigenvalue weighted by molar-refractivity contribution is 6.30. The highest BCUT2D eigenvalue weighted by atomic mass is 35.5. The van der Waals surface area contributed by atoms with Crippen molar-refractivity contribution in [3.05, 3.63) is 71.4 Å². The lowest BCUT2D eigenvalue weighted by Crippen LogP contribution is -2.48. The number of hydrogen-bond donors (Lipinski definition) is 1. The normalized spacial score (nSPS) is 10.9. The minimum Gasteiger partial charge on any atom is -0.436 e. The largest absolute Gasteiger partial charge is 0.436 e. The molecule has 3 aromatic rings.